The van der Waals surface area contributed by atoms with Gasteiger partial charge >= 0.3 is 11.9 Å². The van der Waals surface area contributed by atoms with Crippen LogP contribution in [0.1, 0.15) is 17.5 Å². The summed E-state index contributed by atoms with van der Waals surface area (Å²) in [5.41, 5.74) is 1.69. The summed E-state index contributed by atoms with van der Waals surface area (Å²) in [5, 5.41) is 10.4. The molecule has 0 aliphatic heterocycles. The van der Waals surface area contributed by atoms with Crippen LogP contribution in [-0.2, 0) is 25.5 Å². The van der Waals surface area contributed by atoms with E-state index in [0.717, 1.165) is 5.56 Å². The van der Waals surface area contributed by atoms with Gasteiger partial charge in [0.1, 0.15) is 11.3 Å². The molecule has 0 amide bonds. The van der Waals surface area contributed by atoms with E-state index in [1.54, 1.807) is 12.1 Å². The van der Waals surface area contributed by atoms with Crippen LogP contribution in [0.2, 0.25) is 0 Å². The van der Waals surface area contributed by atoms with Crippen molar-refractivity contribution in [3.8, 4) is 0 Å². The molecule has 0 saturated carbocycles. The fourth-order valence-corrected chi connectivity index (χ4v) is 2.26. The molecule has 1 N–H and O–H groups in total. The van der Waals surface area contributed by atoms with Crippen LogP contribution in [0.15, 0.2) is 41.5 Å². The molecule has 5 heteroatoms. The summed E-state index contributed by atoms with van der Waals surface area (Å²) in [5.74, 6) is -1.42. The van der Waals surface area contributed by atoms with Crippen molar-refractivity contribution in [2.45, 2.75) is 12.8 Å². The lowest BCUT2D eigenvalue weighted by atomic mass is 9.92. The molecule has 0 unspecified atom stereocenters. The zero-order chi connectivity index (χ0) is 15.4. The predicted octanol–water partition coefficient (Wildman–Crippen LogP) is 2.17. The van der Waals surface area contributed by atoms with E-state index < -0.39 is 11.9 Å². The number of aliphatic hydroxyl groups excluding tert-OH is 1. The molecule has 0 atom stereocenters. The molecule has 5 nitrogen and oxygen atoms in total. The van der Waals surface area contributed by atoms with Gasteiger partial charge in [-0.2, -0.15) is 0 Å². The summed E-state index contributed by atoms with van der Waals surface area (Å²) >= 11 is 0. The first-order chi connectivity index (χ1) is 10.1. The van der Waals surface area contributed by atoms with Gasteiger partial charge in [0.15, 0.2) is 0 Å². The summed E-state index contributed by atoms with van der Waals surface area (Å²) in [4.78, 5) is 23.6. The molecule has 0 spiro atoms. The number of aliphatic hydroxyl groups is 1. The largest absolute Gasteiger partial charge is 0.506 e. The van der Waals surface area contributed by atoms with Crippen molar-refractivity contribution in [3.63, 3.8) is 0 Å². The van der Waals surface area contributed by atoms with Gasteiger partial charge in [0, 0.05) is 11.1 Å². The van der Waals surface area contributed by atoms with Crippen molar-refractivity contribution in [1.82, 2.24) is 0 Å². The zero-order valence-electron chi connectivity index (χ0n) is 11.9. The van der Waals surface area contributed by atoms with E-state index in [1.807, 2.05) is 12.1 Å². The van der Waals surface area contributed by atoms with Gasteiger partial charge in [0.25, 0.3) is 0 Å². The van der Waals surface area contributed by atoms with Crippen LogP contribution in [0.5, 0.6) is 0 Å². The highest BCUT2D eigenvalue weighted by atomic mass is 16.5. The third-order valence-corrected chi connectivity index (χ3v) is 3.36. The van der Waals surface area contributed by atoms with Crippen LogP contribution in [0.25, 0.3) is 5.76 Å². The quantitative estimate of drug-likeness (QED) is 0.844. The molecule has 21 heavy (non-hydrogen) atoms. The number of rotatable bonds is 2. The average Bonchev–Trinajstić information content (AvgIpc) is 2.51. The minimum absolute atomic E-state index is 0.0509. The van der Waals surface area contributed by atoms with Gasteiger partial charge in [0.2, 0.25) is 0 Å². The molecule has 0 bridgehead atoms. The third-order valence-electron chi connectivity index (χ3n) is 3.36. The molecule has 0 saturated heterocycles. The minimum atomic E-state index is -0.703. The second-order valence-electron chi connectivity index (χ2n) is 4.57. The van der Waals surface area contributed by atoms with Gasteiger partial charge < -0.3 is 14.6 Å². The predicted molar refractivity (Wildman–Crippen MR) is 76.4 cm³/mol. The third kappa shape index (κ3) is 2.97. The summed E-state index contributed by atoms with van der Waals surface area (Å²) in [6, 6.07) is 7.19. The van der Waals surface area contributed by atoms with E-state index in [0.29, 0.717) is 24.0 Å². The van der Waals surface area contributed by atoms with Gasteiger partial charge in [-0.05, 0) is 24.5 Å². The molecule has 110 valence electrons. The van der Waals surface area contributed by atoms with Gasteiger partial charge in [-0.3, -0.25) is 0 Å². The van der Waals surface area contributed by atoms with Crippen LogP contribution in [0.3, 0.4) is 0 Å². The molecule has 2 rings (SSSR count). The Balaban J connectivity index is 2.64. The minimum Gasteiger partial charge on any atom is -0.506 e. The van der Waals surface area contributed by atoms with E-state index in [-0.39, 0.29) is 11.3 Å². The number of aryl methyl sites for hydroxylation is 1. The highest BCUT2D eigenvalue weighted by molar-refractivity contribution is 6.02. The van der Waals surface area contributed by atoms with Gasteiger partial charge in [0.05, 0.1) is 14.2 Å². The SMILES string of the molecule is COC(=O)C1=C(\O)c2ccccc2CC/C(C(=O)OC)=C\1. The Morgan fingerprint density at radius 3 is 2.38 bits per heavy atom. The molecular weight excluding hydrogens is 272 g/mol. The number of esters is 2. The summed E-state index contributed by atoms with van der Waals surface area (Å²) in [6.07, 6.45) is 2.32. The Hall–Kier alpha value is -2.56. The number of carbonyl (C=O) groups is 2. The first-order valence-corrected chi connectivity index (χ1v) is 6.47. The Morgan fingerprint density at radius 1 is 1.05 bits per heavy atom. The molecule has 1 aromatic carbocycles. The lowest BCUT2D eigenvalue weighted by Gasteiger charge is -2.15. The van der Waals surface area contributed by atoms with Gasteiger partial charge in [-0.15, -0.1) is 0 Å². The number of methoxy groups -OCH3 is 2. The van der Waals surface area contributed by atoms with Crippen molar-refractivity contribution >= 4 is 17.7 Å². The second kappa shape index (κ2) is 6.26. The van der Waals surface area contributed by atoms with E-state index >= 15 is 0 Å². The van der Waals surface area contributed by atoms with E-state index in [9.17, 15) is 14.7 Å². The molecule has 0 heterocycles. The second-order valence-corrected chi connectivity index (χ2v) is 4.57. The number of hydrogen-bond acceptors (Lipinski definition) is 5. The van der Waals surface area contributed by atoms with E-state index in [4.69, 9.17) is 4.74 Å². The molecule has 1 aromatic rings. The Kier molecular flexibility index (Phi) is 4.42. The van der Waals surface area contributed by atoms with Crippen LogP contribution >= 0.6 is 0 Å². The maximum Gasteiger partial charge on any atom is 0.341 e. The van der Waals surface area contributed by atoms with Crippen molar-refractivity contribution in [1.29, 1.82) is 0 Å². The van der Waals surface area contributed by atoms with Crippen LogP contribution in [-0.4, -0.2) is 31.3 Å². The normalized spacial score (nSPS) is 20.4. The molecule has 0 aromatic heterocycles. The first kappa shape index (κ1) is 14.8. The molecule has 0 fully saturated rings. The van der Waals surface area contributed by atoms with Crippen molar-refractivity contribution in [3.05, 3.63) is 52.6 Å². The zero-order valence-corrected chi connectivity index (χ0v) is 11.9. The fourth-order valence-electron chi connectivity index (χ4n) is 2.26. The molecular formula is C16H16O5. The van der Waals surface area contributed by atoms with Crippen molar-refractivity contribution < 1.29 is 24.2 Å². The van der Waals surface area contributed by atoms with Crippen LogP contribution in [0, 0.1) is 0 Å². The number of fused-ring (bicyclic) bond motifs is 1. The lowest BCUT2D eigenvalue weighted by Crippen LogP contribution is -2.13. The highest BCUT2D eigenvalue weighted by Crippen LogP contribution is 2.28. The van der Waals surface area contributed by atoms with E-state index in [2.05, 4.69) is 4.74 Å². The number of ether oxygens (including phenoxy) is 2. The average molecular weight is 288 g/mol. The molecule has 1 aliphatic rings. The maximum absolute atomic E-state index is 11.9. The van der Waals surface area contributed by atoms with E-state index in [1.165, 1.54) is 20.3 Å². The monoisotopic (exact) mass is 288 g/mol. The Bertz CT molecular complexity index is 640. The Morgan fingerprint density at radius 2 is 1.71 bits per heavy atom. The van der Waals surface area contributed by atoms with Crippen molar-refractivity contribution in [2.24, 2.45) is 0 Å². The highest BCUT2D eigenvalue weighted by Gasteiger charge is 2.23. The number of hydrogen-bond donors (Lipinski definition) is 1. The topological polar surface area (TPSA) is 72.8 Å². The summed E-state index contributed by atoms with van der Waals surface area (Å²) in [7, 11) is 2.50. The Labute approximate surface area is 122 Å². The summed E-state index contributed by atoms with van der Waals surface area (Å²) < 4.78 is 9.39. The molecule has 0 radical (unpaired) electrons. The summed E-state index contributed by atoms with van der Waals surface area (Å²) in [6.45, 7) is 0. The number of carbonyl (C=O) groups excluding carboxylic acids is 2. The lowest BCUT2D eigenvalue weighted by molar-refractivity contribution is -0.136. The van der Waals surface area contributed by atoms with Gasteiger partial charge in [-0.1, -0.05) is 24.3 Å². The maximum atomic E-state index is 11.9. The van der Waals surface area contributed by atoms with Gasteiger partial charge in [-0.25, -0.2) is 9.59 Å². The standard InChI is InChI=1S/C16H16O5/c1-20-15(18)11-8-7-10-5-3-4-6-12(10)14(17)13(9-11)16(19)21-2/h3-6,9,17H,7-8H2,1-2H3/b11-9+,14-13-. The van der Waals surface area contributed by atoms with Crippen molar-refractivity contribution in [2.75, 3.05) is 14.2 Å². The molecule has 1 aliphatic carbocycles. The number of benzene rings is 1. The fraction of sp³-hybridized carbons (Fsp3) is 0.250. The smallest absolute Gasteiger partial charge is 0.341 e. The first-order valence-electron chi connectivity index (χ1n) is 6.47. The van der Waals surface area contributed by atoms with Crippen LogP contribution < -0.4 is 0 Å². The van der Waals surface area contributed by atoms with Crippen LogP contribution in [0.4, 0.5) is 0 Å².